The van der Waals surface area contributed by atoms with Crippen molar-refractivity contribution in [2.24, 2.45) is 0 Å². The van der Waals surface area contributed by atoms with E-state index in [1.54, 1.807) is 43.3 Å². The summed E-state index contributed by atoms with van der Waals surface area (Å²) < 4.78 is 34.0. The molecule has 1 amide bonds. The topological polar surface area (TPSA) is 75.7 Å². The zero-order valence-corrected chi connectivity index (χ0v) is 21.0. The van der Waals surface area contributed by atoms with Gasteiger partial charge in [0, 0.05) is 5.02 Å². The number of halogens is 2. The molecule has 0 heterocycles. The molecule has 0 saturated heterocycles. The van der Waals surface area contributed by atoms with Gasteiger partial charge in [-0.25, -0.2) is 8.42 Å². The molecule has 0 unspecified atom stereocenters. The number of rotatable bonds is 7. The predicted octanol–water partition coefficient (Wildman–Crippen LogP) is 5.76. The number of hydrogen-bond donors (Lipinski definition) is 1. The van der Waals surface area contributed by atoms with Gasteiger partial charge in [-0.2, -0.15) is 0 Å². The Labute approximate surface area is 204 Å². The number of sulfonamides is 1. The molecule has 3 aromatic carbocycles. The minimum atomic E-state index is -4.17. The van der Waals surface area contributed by atoms with Gasteiger partial charge in [0.2, 0.25) is 5.91 Å². The van der Waals surface area contributed by atoms with E-state index in [0.29, 0.717) is 16.4 Å². The molecule has 1 N–H and O–H groups in total. The van der Waals surface area contributed by atoms with E-state index in [4.69, 9.17) is 27.9 Å². The zero-order valence-electron chi connectivity index (χ0n) is 18.6. The van der Waals surface area contributed by atoms with Crippen LogP contribution in [0.25, 0.3) is 0 Å². The van der Waals surface area contributed by atoms with Crippen LogP contribution in [-0.2, 0) is 14.8 Å². The van der Waals surface area contributed by atoms with Gasteiger partial charge in [-0.3, -0.25) is 9.10 Å². The molecule has 0 saturated carbocycles. The Kier molecular flexibility index (Phi) is 7.57. The quantitative estimate of drug-likeness (QED) is 0.441. The van der Waals surface area contributed by atoms with E-state index in [2.05, 4.69) is 5.32 Å². The highest BCUT2D eigenvalue weighted by Gasteiger charge is 2.30. The smallest absolute Gasteiger partial charge is 0.268 e. The summed E-state index contributed by atoms with van der Waals surface area (Å²) in [6, 6.07) is 14.9. The fourth-order valence-electron chi connectivity index (χ4n) is 3.43. The maximum absolute atomic E-state index is 13.8. The standard InChI is InChI=1S/C24H24Cl2N2O4S/c1-15-5-8-22(32-4)23(12-15)33(30,31)28(19-10-16(2)9-17(3)11-19)14-24(29)27-21-13-18(25)6-7-20(21)26/h5-13H,14H2,1-4H3,(H,27,29). The number of methoxy groups -OCH3 is 1. The maximum atomic E-state index is 13.8. The minimum Gasteiger partial charge on any atom is -0.495 e. The first-order chi connectivity index (χ1) is 15.5. The van der Waals surface area contributed by atoms with E-state index in [-0.39, 0.29) is 15.7 Å². The second-order valence-electron chi connectivity index (χ2n) is 7.68. The third kappa shape index (κ3) is 5.79. The molecule has 33 heavy (non-hydrogen) atoms. The third-order valence-electron chi connectivity index (χ3n) is 4.87. The molecule has 6 nitrogen and oxygen atoms in total. The second kappa shape index (κ2) is 10.0. The third-order valence-corrected chi connectivity index (χ3v) is 7.23. The van der Waals surface area contributed by atoms with Gasteiger partial charge >= 0.3 is 0 Å². The molecule has 174 valence electrons. The molecule has 0 aliphatic heterocycles. The Morgan fingerprint density at radius 3 is 2.24 bits per heavy atom. The molecular formula is C24H24Cl2N2O4S. The summed E-state index contributed by atoms with van der Waals surface area (Å²) in [5, 5.41) is 3.32. The Morgan fingerprint density at radius 1 is 0.939 bits per heavy atom. The highest BCUT2D eigenvalue weighted by atomic mass is 35.5. The average Bonchev–Trinajstić information content (AvgIpc) is 2.73. The summed E-state index contributed by atoms with van der Waals surface area (Å²) >= 11 is 12.2. The molecule has 3 aromatic rings. The van der Waals surface area contributed by atoms with Crippen LogP contribution < -0.4 is 14.4 Å². The number of nitrogens with one attached hydrogen (secondary N) is 1. The Hall–Kier alpha value is -2.74. The molecular weight excluding hydrogens is 483 g/mol. The lowest BCUT2D eigenvalue weighted by Crippen LogP contribution is -2.38. The van der Waals surface area contributed by atoms with Crippen molar-refractivity contribution in [3.63, 3.8) is 0 Å². The van der Waals surface area contributed by atoms with Crippen LogP contribution in [0, 0.1) is 20.8 Å². The van der Waals surface area contributed by atoms with Gasteiger partial charge in [0.1, 0.15) is 17.2 Å². The molecule has 0 atom stereocenters. The molecule has 0 fully saturated rings. The molecule has 9 heteroatoms. The Morgan fingerprint density at radius 2 is 1.61 bits per heavy atom. The van der Waals surface area contributed by atoms with Crippen molar-refractivity contribution in [3.05, 3.63) is 81.3 Å². The van der Waals surface area contributed by atoms with Crippen molar-refractivity contribution in [1.82, 2.24) is 0 Å². The summed E-state index contributed by atoms with van der Waals surface area (Å²) in [6.45, 7) is 5.03. The highest BCUT2D eigenvalue weighted by molar-refractivity contribution is 7.93. The highest BCUT2D eigenvalue weighted by Crippen LogP contribution is 2.32. The van der Waals surface area contributed by atoms with Crippen LogP contribution in [0.5, 0.6) is 5.75 Å². The summed E-state index contributed by atoms with van der Waals surface area (Å²) in [5.41, 5.74) is 3.12. The van der Waals surface area contributed by atoms with E-state index in [1.165, 1.54) is 19.2 Å². The summed E-state index contributed by atoms with van der Waals surface area (Å²) in [6.07, 6.45) is 0. The van der Waals surface area contributed by atoms with E-state index < -0.39 is 22.5 Å². The van der Waals surface area contributed by atoms with Crippen molar-refractivity contribution >= 4 is 50.5 Å². The molecule has 0 aliphatic carbocycles. The predicted molar refractivity (Wildman–Crippen MR) is 133 cm³/mol. The number of ether oxygens (including phenoxy) is 1. The SMILES string of the molecule is COc1ccc(C)cc1S(=O)(=O)N(CC(=O)Nc1cc(Cl)ccc1Cl)c1cc(C)cc(C)c1. The number of carbonyl (C=O) groups excluding carboxylic acids is 1. The van der Waals surface area contributed by atoms with Crippen LogP contribution in [-0.4, -0.2) is 28.0 Å². The summed E-state index contributed by atoms with van der Waals surface area (Å²) in [7, 11) is -2.77. The molecule has 3 rings (SSSR count). The van der Waals surface area contributed by atoms with Crippen LogP contribution in [0.2, 0.25) is 10.0 Å². The van der Waals surface area contributed by atoms with Gasteiger partial charge in [-0.05, 0) is 79.9 Å². The number of amides is 1. The van der Waals surface area contributed by atoms with E-state index in [1.807, 2.05) is 19.9 Å². The van der Waals surface area contributed by atoms with Crippen molar-refractivity contribution in [1.29, 1.82) is 0 Å². The van der Waals surface area contributed by atoms with Gasteiger partial charge < -0.3 is 10.1 Å². The number of nitrogens with zero attached hydrogens (tertiary/aromatic N) is 1. The fraction of sp³-hybridized carbons (Fsp3) is 0.208. The second-order valence-corrected chi connectivity index (χ2v) is 10.4. The number of carbonyl (C=O) groups is 1. The average molecular weight is 507 g/mol. The number of anilines is 2. The summed E-state index contributed by atoms with van der Waals surface area (Å²) in [4.78, 5) is 12.9. The maximum Gasteiger partial charge on any atom is 0.268 e. The lowest BCUT2D eigenvalue weighted by atomic mass is 10.1. The van der Waals surface area contributed by atoms with Crippen LogP contribution in [0.4, 0.5) is 11.4 Å². The number of benzene rings is 3. The lowest BCUT2D eigenvalue weighted by Gasteiger charge is -2.26. The van der Waals surface area contributed by atoms with E-state index in [0.717, 1.165) is 21.0 Å². The van der Waals surface area contributed by atoms with Crippen LogP contribution >= 0.6 is 23.2 Å². The first kappa shape index (κ1) is 24.9. The van der Waals surface area contributed by atoms with Crippen molar-refractivity contribution in [2.45, 2.75) is 25.7 Å². The van der Waals surface area contributed by atoms with Gasteiger partial charge in [-0.1, -0.05) is 35.3 Å². The van der Waals surface area contributed by atoms with Crippen LogP contribution in [0.15, 0.2) is 59.5 Å². The Bertz CT molecular complexity index is 1290. The molecule has 0 radical (unpaired) electrons. The minimum absolute atomic E-state index is 0.0299. The largest absolute Gasteiger partial charge is 0.495 e. The first-order valence-electron chi connectivity index (χ1n) is 10.0. The van der Waals surface area contributed by atoms with E-state index in [9.17, 15) is 13.2 Å². The number of hydrogen-bond acceptors (Lipinski definition) is 4. The molecule has 0 aromatic heterocycles. The number of aryl methyl sites for hydroxylation is 3. The van der Waals surface area contributed by atoms with Crippen molar-refractivity contribution in [2.75, 3.05) is 23.3 Å². The first-order valence-corrected chi connectivity index (χ1v) is 12.2. The molecule has 0 spiro atoms. The molecule has 0 bridgehead atoms. The summed E-state index contributed by atoms with van der Waals surface area (Å²) in [5.74, 6) is -0.387. The van der Waals surface area contributed by atoms with Gasteiger partial charge in [0.05, 0.1) is 23.5 Å². The molecule has 0 aliphatic rings. The van der Waals surface area contributed by atoms with Gasteiger partial charge in [0.25, 0.3) is 10.0 Å². The monoisotopic (exact) mass is 506 g/mol. The van der Waals surface area contributed by atoms with E-state index >= 15 is 0 Å². The van der Waals surface area contributed by atoms with Crippen LogP contribution in [0.3, 0.4) is 0 Å². The zero-order chi connectivity index (χ0) is 24.3. The normalized spacial score (nSPS) is 11.2. The van der Waals surface area contributed by atoms with Crippen LogP contribution in [0.1, 0.15) is 16.7 Å². The lowest BCUT2D eigenvalue weighted by molar-refractivity contribution is -0.114. The van der Waals surface area contributed by atoms with Crippen molar-refractivity contribution in [3.8, 4) is 5.75 Å². The van der Waals surface area contributed by atoms with Crippen molar-refractivity contribution < 1.29 is 17.9 Å². The van der Waals surface area contributed by atoms with Gasteiger partial charge in [0.15, 0.2) is 0 Å². The Balaban J connectivity index is 2.08. The van der Waals surface area contributed by atoms with Gasteiger partial charge in [-0.15, -0.1) is 0 Å². The fourth-order valence-corrected chi connectivity index (χ4v) is 5.41.